The lowest BCUT2D eigenvalue weighted by Crippen LogP contribution is -2.57. The van der Waals surface area contributed by atoms with Crippen LogP contribution in [0.3, 0.4) is 0 Å². The summed E-state index contributed by atoms with van der Waals surface area (Å²) < 4.78 is 28.3. The van der Waals surface area contributed by atoms with E-state index in [-0.39, 0.29) is 42.4 Å². The lowest BCUT2D eigenvalue weighted by Gasteiger charge is -2.58. The lowest BCUT2D eigenvalue weighted by molar-refractivity contribution is -0.144. The number of benzene rings is 1. The maximum atomic E-state index is 14.1. The summed E-state index contributed by atoms with van der Waals surface area (Å²) in [7, 11) is 0. The maximum Gasteiger partial charge on any atom is 0.263 e. The van der Waals surface area contributed by atoms with Crippen LogP contribution in [0.5, 0.6) is 0 Å². The van der Waals surface area contributed by atoms with Crippen LogP contribution in [0.2, 0.25) is 0 Å². The summed E-state index contributed by atoms with van der Waals surface area (Å²) in [5.74, 6) is -1.36. The van der Waals surface area contributed by atoms with Crippen molar-refractivity contribution < 1.29 is 28.6 Å². The number of aliphatic hydroxyl groups excluding tert-OH is 2. The Morgan fingerprint density at radius 1 is 1.31 bits per heavy atom. The molecule has 0 aliphatic heterocycles. The first-order chi connectivity index (χ1) is 17.0. The molecule has 1 heterocycles. The number of aromatic nitrogens is 1. The number of hydrogen-bond acceptors (Lipinski definition) is 6. The van der Waals surface area contributed by atoms with Crippen molar-refractivity contribution in [2.75, 3.05) is 18.5 Å². The first-order valence-electron chi connectivity index (χ1n) is 11.8. The standard InChI is InChI=1S/C26H29F2N3O4S/c1-4-10-29-20(34)11-14-22-17(12-18-25(14,2)9-8-19(33)26(18,3)13-32)36-24(30-22)31-23(35)21-15(27)6-5-7-16(21)28/h1,5-7,14,18-19,32-33H,8-13H2,2-3H3,(H,29,34)(H,30,31,35)/t14-,18+,19-,25+,26+/m1/s1. The first kappa shape index (κ1) is 26.2. The highest BCUT2D eigenvalue weighted by Gasteiger charge is 2.59. The smallest absolute Gasteiger partial charge is 0.263 e. The number of fused-ring (bicyclic) bond motifs is 2. The van der Waals surface area contributed by atoms with Crippen molar-refractivity contribution in [1.82, 2.24) is 10.3 Å². The summed E-state index contributed by atoms with van der Waals surface area (Å²) in [6.45, 7) is 3.75. The third-order valence-electron chi connectivity index (χ3n) is 8.08. The fraction of sp³-hybridized carbons (Fsp3) is 0.500. The second kappa shape index (κ2) is 9.88. The Labute approximate surface area is 212 Å². The molecule has 1 fully saturated rings. The molecule has 0 radical (unpaired) electrons. The predicted octanol–water partition coefficient (Wildman–Crippen LogP) is 3.23. The molecule has 4 N–H and O–H groups in total. The van der Waals surface area contributed by atoms with Crippen molar-refractivity contribution in [2.24, 2.45) is 16.7 Å². The van der Waals surface area contributed by atoms with E-state index in [4.69, 9.17) is 6.42 Å². The molecule has 2 amide bonds. The zero-order valence-electron chi connectivity index (χ0n) is 20.1. The summed E-state index contributed by atoms with van der Waals surface area (Å²) in [6.07, 6.45) is 6.20. The Hall–Kier alpha value is -2.87. The average molecular weight is 518 g/mol. The Morgan fingerprint density at radius 3 is 2.64 bits per heavy atom. The minimum absolute atomic E-state index is 0.0815. The van der Waals surface area contributed by atoms with Crippen LogP contribution in [0.1, 0.15) is 60.0 Å². The monoisotopic (exact) mass is 517 g/mol. The second-order valence-corrected chi connectivity index (χ2v) is 11.2. The molecule has 2 aromatic rings. The summed E-state index contributed by atoms with van der Waals surface area (Å²) in [5.41, 5.74) is -1.35. The molecule has 10 heteroatoms. The highest BCUT2D eigenvalue weighted by Crippen LogP contribution is 2.62. The van der Waals surface area contributed by atoms with Crippen LogP contribution < -0.4 is 10.6 Å². The van der Waals surface area contributed by atoms with E-state index in [0.717, 1.165) is 17.0 Å². The van der Waals surface area contributed by atoms with Crippen molar-refractivity contribution >= 4 is 28.3 Å². The van der Waals surface area contributed by atoms with E-state index in [1.165, 1.54) is 17.4 Å². The third kappa shape index (κ3) is 4.40. The van der Waals surface area contributed by atoms with Crippen LogP contribution in [0.15, 0.2) is 18.2 Å². The second-order valence-electron chi connectivity index (χ2n) is 10.1. The molecule has 1 aromatic heterocycles. The van der Waals surface area contributed by atoms with E-state index in [0.29, 0.717) is 25.0 Å². The number of anilines is 1. The van der Waals surface area contributed by atoms with Gasteiger partial charge in [-0.05, 0) is 42.7 Å². The van der Waals surface area contributed by atoms with Crippen LogP contribution in [0.25, 0.3) is 0 Å². The van der Waals surface area contributed by atoms with Gasteiger partial charge in [0.05, 0.1) is 24.9 Å². The van der Waals surface area contributed by atoms with Crippen molar-refractivity contribution in [3.8, 4) is 12.3 Å². The van der Waals surface area contributed by atoms with E-state index in [2.05, 4.69) is 21.5 Å². The summed E-state index contributed by atoms with van der Waals surface area (Å²) in [5, 5.41) is 26.5. The molecule has 1 aromatic carbocycles. The molecule has 0 unspecified atom stereocenters. The number of terminal acetylenes is 1. The van der Waals surface area contributed by atoms with Gasteiger partial charge in [-0.2, -0.15) is 0 Å². The normalized spacial score (nSPS) is 29.0. The van der Waals surface area contributed by atoms with Crippen molar-refractivity contribution in [3.63, 3.8) is 0 Å². The minimum Gasteiger partial charge on any atom is -0.396 e. The van der Waals surface area contributed by atoms with E-state index in [9.17, 15) is 28.6 Å². The largest absolute Gasteiger partial charge is 0.396 e. The topological polar surface area (TPSA) is 112 Å². The Balaban J connectivity index is 1.73. The van der Waals surface area contributed by atoms with Crippen LogP contribution in [-0.2, 0) is 11.2 Å². The molecular weight excluding hydrogens is 488 g/mol. The van der Waals surface area contributed by atoms with Crippen LogP contribution >= 0.6 is 11.3 Å². The molecule has 36 heavy (non-hydrogen) atoms. The highest BCUT2D eigenvalue weighted by molar-refractivity contribution is 7.15. The quantitative estimate of drug-likeness (QED) is 0.440. The number of hydrogen-bond donors (Lipinski definition) is 4. The molecule has 2 aliphatic rings. The number of halogens is 2. The summed E-state index contributed by atoms with van der Waals surface area (Å²) >= 11 is 1.17. The molecule has 0 saturated heterocycles. The number of aliphatic hydroxyl groups is 2. The minimum atomic E-state index is -0.983. The fourth-order valence-corrected chi connectivity index (χ4v) is 7.04. The Bertz CT molecular complexity index is 1210. The van der Waals surface area contributed by atoms with Gasteiger partial charge in [0.2, 0.25) is 5.91 Å². The first-order valence-corrected chi connectivity index (χ1v) is 12.6. The third-order valence-corrected chi connectivity index (χ3v) is 9.09. The van der Waals surface area contributed by atoms with Crippen LogP contribution in [0, 0.1) is 40.7 Å². The number of rotatable bonds is 6. The maximum absolute atomic E-state index is 14.1. The number of amides is 2. The van der Waals surface area contributed by atoms with Crippen molar-refractivity contribution in [2.45, 2.75) is 51.6 Å². The van der Waals surface area contributed by atoms with Crippen molar-refractivity contribution in [3.05, 3.63) is 46.0 Å². The van der Waals surface area contributed by atoms with Gasteiger partial charge >= 0.3 is 0 Å². The van der Waals surface area contributed by atoms with E-state index in [1.54, 1.807) is 0 Å². The number of nitrogens with one attached hydrogen (secondary N) is 2. The molecule has 7 nitrogen and oxygen atoms in total. The van der Waals surface area contributed by atoms with Gasteiger partial charge in [-0.25, -0.2) is 13.8 Å². The fourth-order valence-electron chi connectivity index (χ4n) is 5.98. The van der Waals surface area contributed by atoms with Gasteiger partial charge in [0.1, 0.15) is 17.2 Å². The zero-order valence-corrected chi connectivity index (χ0v) is 20.9. The SMILES string of the molecule is C#CCNC(=O)C[C@@H]1c2nc(NC(=O)c3c(F)cccc3F)sc2C[C@@H]2[C@](C)(CO)[C@H](O)CC[C@]21C. The van der Waals surface area contributed by atoms with E-state index in [1.807, 2.05) is 13.8 Å². The van der Waals surface area contributed by atoms with E-state index < -0.39 is 40.0 Å². The van der Waals surface area contributed by atoms with Gasteiger partial charge in [0, 0.05) is 22.6 Å². The molecule has 2 aliphatic carbocycles. The molecular formula is C26H29F2N3O4S. The molecule has 5 atom stereocenters. The van der Waals surface area contributed by atoms with Gasteiger partial charge in [0.15, 0.2) is 5.13 Å². The van der Waals surface area contributed by atoms with Gasteiger partial charge in [-0.15, -0.1) is 17.8 Å². The number of nitrogens with zero attached hydrogens (tertiary/aromatic N) is 1. The van der Waals surface area contributed by atoms with Crippen molar-refractivity contribution in [1.29, 1.82) is 0 Å². The molecule has 0 bridgehead atoms. The Morgan fingerprint density at radius 2 is 2.00 bits per heavy atom. The van der Waals surface area contributed by atoms with Crippen LogP contribution in [0.4, 0.5) is 13.9 Å². The van der Waals surface area contributed by atoms with Crippen LogP contribution in [-0.4, -0.2) is 46.3 Å². The average Bonchev–Trinajstić information content (AvgIpc) is 3.23. The van der Waals surface area contributed by atoms with E-state index >= 15 is 0 Å². The zero-order chi connectivity index (χ0) is 26.3. The number of carbonyl (C=O) groups is 2. The molecule has 192 valence electrons. The summed E-state index contributed by atoms with van der Waals surface area (Å²) in [4.78, 5) is 30.8. The highest BCUT2D eigenvalue weighted by atomic mass is 32.1. The lowest BCUT2D eigenvalue weighted by atomic mass is 9.47. The van der Waals surface area contributed by atoms with Gasteiger partial charge < -0.3 is 15.5 Å². The summed E-state index contributed by atoms with van der Waals surface area (Å²) in [6, 6.07) is 3.18. The van der Waals surface area contributed by atoms with Gasteiger partial charge in [-0.1, -0.05) is 25.8 Å². The Kier molecular flexibility index (Phi) is 7.19. The number of carbonyl (C=O) groups excluding carboxylic acids is 2. The number of thiazole rings is 1. The molecule has 0 spiro atoms. The van der Waals surface area contributed by atoms with Gasteiger partial charge in [0.25, 0.3) is 5.91 Å². The van der Waals surface area contributed by atoms with Gasteiger partial charge in [-0.3, -0.25) is 14.9 Å². The predicted molar refractivity (Wildman–Crippen MR) is 131 cm³/mol. The molecule has 4 rings (SSSR count). The molecule has 1 saturated carbocycles.